The van der Waals surface area contributed by atoms with Gasteiger partial charge in [-0.1, -0.05) is 11.6 Å². The van der Waals surface area contributed by atoms with Gasteiger partial charge in [0.05, 0.1) is 22.7 Å². The highest BCUT2D eigenvalue weighted by molar-refractivity contribution is 7.89. The quantitative estimate of drug-likeness (QED) is 0.710. The molecule has 8 heteroatoms. The van der Waals surface area contributed by atoms with Crippen molar-refractivity contribution in [3.05, 3.63) is 17.3 Å². The highest BCUT2D eigenvalue weighted by atomic mass is 35.5. The highest BCUT2D eigenvalue weighted by Crippen LogP contribution is 2.20. The predicted molar refractivity (Wildman–Crippen MR) is 65.0 cm³/mol. The van der Waals surface area contributed by atoms with Crippen molar-refractivity contribution >= 4 is 33.1 Å². The van der Waals surface area contributed by atoms with Crippen LogP contribution in [-0.4, -0.2) is 32.7 Å². The first-order valence-corrected chi connectivity index (χ1v) is 6.54. The van der Waals surface area contributed by atoms with Gasteiger partial charge in [-0.25, -0.2) is 18.1 Å². The summed E-state index contributed by atoms with van der Waals surface area (Å²) in [5.74, 6) is 0.369. The molecule has 1 aromatic rings. The zero-order valence-corrected chi connectivity index (χ0v) is 10.3. The summed E-state index contributed by atoms with van der Waals surface area (Å²) in [5.41, 5.74) is 5.92. The Labute approximate surface area is 99.2 Å². The van der Waals surface area contributed by atoms with Gasteiger partial charge >= 0.3 is 0 Å². The van der Waals surface area contributed by atoms with Crippen LogP contribution in [0.5, 0.6) is 0 Å². The predicted octanol–water partition coefficient (Wildman–Crippen LogP) is 0.278. The van der Waals surface area contributed by atoms with E-state index in [9.17, 15) is 8.42 Å². The number of anilines is 2. The number of sulfonamides is 1. The number of hydrogen-bond acceptors (Lipinski definition) is 5. The Balaban J connectivity index is 2.56. The number of aromatic nitrogens is 1. The van der Waals surface area contributed by atoms with Gasteiger partial charge in [-0.15, -0.1) is 0 Å². The Morgan fingerprint density at radius 3 is 2.81 bits per heavy atom. The second-order valence-corrected chi connectivity index (χ2v) is 5.50. The zero-order valence-electron chi connectivity index (χ0n) is 8.70. The average Bonchev–Trinajstić information content (AvgIpc) is 2.21. The molecule has 0 bridgehead atoms. The van der Waals surface area contributed by atoms with Gasteiger partial charge in [-0.3, -0.25) is 0 Å². The Hall–Kier alpha value is -1.05. The van der Waals surface area contributed by atoms with Crippen molar-refractivity contribution in [2.24, 2.45) is 0 Å². The molecule has 0 aromatic carbocycles. The minimum Gasteiger partial charge on any atom is -0.397 e. The fourth-order valence-electron chi connectivity index (χ4n) is 0.989. The topological polar surface area (TPSA) is 97.1 Å². The van der Waals surface area contributed by atoms with Gasteiger partial charge in [0.2, 0.25) is 10.0 Å². The van der Waals surface area contributed by atoms with E-state index in [2.05, 4.69) is 15.0 Å². The SMILES string of the molecule is CNS(=O)(=O)CCNc1ncc(N)cc1Cl. The van der Waals surface area contributed by atoms with Crippen molar-refractivity contribution in [3.8, 4) is 0 Å². The molecule has 0 amide bonds. The second kappa shape index (κ2) is 5.33. The zero-order chi connectivity index (χ0) is 12.2. The van der Waals surface area contributed by atoms with E-state index in [0.29, 0.717) is 16.5 Å². The molecule has 90 valence electrons. The molecule has 0 aliphatic rings. The van der Waals surface area contributed by atoms with E-state index in [1.807, 2.05) is 0 Å². The Kier molecular flexibility index (Phi) is 4.34. The lowest BCUT2D eigenvalue weighted by Gasteiger charge is -2.07. The third-order valence-electron chi connectivity index (χ3n) is 1.84. The van der Waals surface area contributed by atoms with Crippen molar-refractivity contribution in [1.29, 1.82) is 0 Å². The third-order valence-corrected chi connectivity index (χ3v) is 3.49. The summed E-state index contributed by atoms with van der Waals surface area (Å²) >= 11 is 5.84. The highest BCUT2D eigenvalue weighted by Gasteiger charge is 2.07. The molecule has 1 rings (SSSR count). The number of rotatable bonds is 5. The fourth-order valence-corrected chi connectivity index (χ4v) is 1.81. The summed E-state index contributed by atoms with van der Waals surface area (Å²) in [6.07, 6.45) is 1.45. The maximum Gasteiger partial charge on any atom is 0.213 e. The molecule has 16 heavy (non-hydrogen) atoms. The van der Waals surface area contributed by atoms with Crippen molar-refractivity contribution in [1.82, 2.24) is 9.71 Å². The van der Waals surface area contributed by atoms with Gasteiger partial charge in [0.1, 0.15) is 5.82 Å². The number of hydrogen-bond donors (Lipinski definition) is 3. The van der Waals surface area contributed by atoms with E-state index in [-0.39, 0.29) is 12.3 Å². The molecule has 0 aliphatic heterocycles. The van der Waals surface area contributed by atoms with E-state index in [1.165, 1.54) is 13.2 Å². The monoisotopic (exact) mass is 264 g/mol. The fraction of sp³-hybridized carbons (Fsp3) is 0.375. The number of nitrogens with two attached hydrogens (primary N) is 1. The Morgan fingerprint density at radius 2 is 2.25 bits per heavy atom. The molecule has 0 spiro atoms. The maximum absolute atomic E-state index is 11.1. The van der Waals surface area contributed by atoms with E-state index in [0.717, 1.165) is 0 Å². The largest absolute Gasteiger partial charge is 0.397 e. The van der Waals surface area contributed by atoms with E-state index in [4.69, 9.17) is 17.3 Å². The minimum absolute atomic E-state index is 0.0497. The van der Waals surface area contributed by atoms with Crippen LogP contribution in [0, 0.1) is 0 Å². The molecule has 0 saturated carbocycles. The number of nitrogen functional groups attached to an aromatic ring is 1. The standard InChI is InChI=1S/C8H13ClN4O2S/c1-11-16(14,15)3-2-12-8-7(9)4-6(10)5-13-8/h4-5,11H,2-3,10H2,1H3,(H,12,13). The van der Waals surface area contributed by atoms with Gasteiger partial charge in [0.15, 0.2) is 0 Å². The first-order valence-electron chi connectivity index (χ1n) is 4.51. The molecule has 0 atom stereocenters. The first-order chi connectivity index (χ1) is 7.44. The molecule has 0 aliphatic carbocycles. The Bertz CT molecular complexity index is 463. The number of nitrogens with one attached hydrogen (secondary N) is 2. The molecule has 6 nitrogen and oxygen atoms in total. The molecule has 4 N–H and O–H groups in total. The third kappa shape index (κ3) is 3.84. The molecule has 0 saturated heterocycles. The van der Waals surface area contributed by atoms with Crippen LogP contribution in [0.25, 0.3) is 0 Å². The van der Waals surface area contributed by atoms with Crippen LogP contribution in [-0.2, 0) is 10.0 Å². The summed E-state index contributed by atoms with van der Waals surface area (Å²) in [6, 6.07) is 1.55. The van der Waals surface area contributed by atoms with Crippen molar-refractivity contribution in [2.75, 3.05) is 30.4 Å². The van der Waals surface area contributed by atoms with Crippen LogP contribution in [0.3, 0.4) is 0 Å². The lowest BCUT2D eigenvalue weighted by Crippen LogP contribution is -2.26. The van der Waals surface area contributed by atoms with Gasteiger partial charge in [0.25, 0.3) is 0 Å². The minimum atomic E-state index is -3.22. The second-order valence-electron chi connectivity index (χ2n) is 3.05. The van der Waals surface area contributed by atoms with Crippen LogP contribution in [0.15, 0.2) is 12.3 Å². The van der Waals surface area contributed by atoms with Gasteiger partial charge in [0, 0.05) is 6.54 Å². The summed E-state index contributed by atoms with van der Waals surface area (Å²) in [4.78, 5) is 3.94. The Morgan fingerprint density at radius 1 is 1.56 bits per heavy atom. The molecule has 1 aromatic heterocycles. The van der Waals surface area contributed by atoms with Crippen molar-refractivity contribution < 1.29 is 8.42 Å². The van der Waals surface area contributed by atoms with Crippen molar-refractivity contribution in [2.45, 2.75) is 0 Å². The van der Waals surface area contributed by atoms with E-state index >= 15 is 0 Å². The first kappa shape index (κ1) is 13.0. The van der Waals surface area contributed by atoms with Gasteiger partial charge < -0.3 is 11.1 Å². The molecule has 0 radical (unpaired) electrons. The molecule has 0 fully saturated rings. The summed E-state index contributed by atoms with van der Waals surface area (Å²) < 4.78 is 24.4. The van der Waals surface area contributed by atoms with Crippen molar-refractivity contribution in [3.63, 3.8) is 0 Å². The van der Waals surface area contributed by atoms with Crippen LogP contribution in [0.4, 0.5) is 11.5 Å². The number of nitrogens with zero attached hydrogens (tertiary/aromatic N) is 1. The van der Waals surface area contributed by atoms with Crippen LogP contribution < -0.4 is 15.8 Å². The smallest absolute Gasteiger partial charge is 0.213 e. The average molecular weight is 265 g/mol. The van der Waals surface area contributed by atoms with E-state index < -0.39 is 10.0 Å². The lowest BCUT2D eigenvalue weighted by atomic mass is 10.4. The molecule has 1 heterocycles. The molecule has 0 unspecified atom stereocenters. The van der Waals surface area contributed by atoms with Crippen LogP contribution in [0.2, 0.25) is 5.02 Å². The maximum atomic E-state index is 11.1. The molecular weight excluding hydrogens is 252 g/mol. The van der Waals surface area contributed by atoms with E-state index in [1.54, 1.807) is 6.07 Å². The lowest BCUT2D eigenvalue weighted by molar-refractivity contribution is 0.588. The van der Waals surface area contributed by atoms with Gasteiger partial charge in [-0.05, 0) is 13.1 Å². The van der Waals surface area contributed by atoms with Crippen LogP contribution >= 0.6 is 11.6 Å². The number of halogens is 1. The number of pyridine rings is 1. The summed E-state index contributed by atoms with van der Waals surface area (Å²) in [6.45, 7) is 0.222. The van der Waals surface area contributed by atoms with Gasteiger partial charge in [-0.2, -0.15) is 0 Å². The normalized spacial score (nSPS) is 11.4. The molecular formula is C8H13ClN4O2S. The summed E-state index contributed by atoms with van der Waals surface area (Å²) in [7, 11) is -1.85. The van der Waals surface area contributed by atoms with Crippen LogP contribution in [0.1, 0.15) is 0 Å². The summed E-state index contributed by atoms with van der Waals surface area (Å²) in [5, 5.41) is 3.18.